The zero-order valence-corrected chi connectivity index (χ0v) is 10.1. The van der Waals surface area contributed by atoms with Crippen LogP contribution in [0.5, 0.6) is 0 Å². The number of rotatable bonds is 3. The SMILES string of the molecule is CC(C(=O)O)N1CCN(C(=O)c2ccno2)CC1. The molecule has 7 nitrogen and oxygen atoms in total. The molecule has 1 aliphatic rings. The van der Waals surface area contributed by atoms with Crippen molar-refractivity contribution in [1.29, 1.82) is 0 Å². The van der Waals surface area contributed by atoms with Gasteiger partial charge < -0.3 is 14.5 Å². The van der Waals surface area contributed by atoms with E-state index in [1.807, 2.05) is 4.90 Å². The van der Waals surface area contributed by atoms with Gasteiger partial charge in [-0.05, 0) is 6.92 Å². The van der Waals surface area contributed by atoms with Crippen molar-refractivity contribution >= 4 is 11.9 Å². The summed E-state index contributed by atoms with van der Waals surface area (Å²) in [6.07, 6.45) is 1.43. The minimum absolute atomic E-state index is 0.199. The van der Waals surface area contributed by atoms with Crippen molar-refractivity contribution in [3.8, 4) is 0 Å². The Morgan fingerprint density at radius 1 is 1.39 bits per heavy atom. The van der Waals surface area contributed by atoms with E-state index in [9.17, 15) is 9.59 Å². The number of aliphatic carboxylic acids is 1. The summed E-state index contributed by atoms with van der Waals surface area (Å²) in [5, 5.41) is 12.4. The van der Waals surface area contributed by atoms with Gasteiger partial charge in [0.05, 0.1) is 6.20 Å². The van der Waals surface area contributed by atoms with Gasteiger partial charge >= 0.3 is 5.97 Å². The maximum Gasteiger partial charge on any atom is 0.320 e. The fourth-order valence-corrected chi connectivity index (χ4v) is 1.95. The molecule has 1 unspecified atom stereocenters. The molecule has 0 aromatic carbocycles. The van der Waals surface area contributed by atoms with E-state index in [-0.39, 0.29) is 11.7 Å². The average molecular weight is 253 g/mol. The lowest BCUT2D eigenvalue weighted by Crippen LogP contribution is -2.53. The molecule has 1 aliphatic heterocycles. The smallest absolute Gasteiger partial charge is 0.320 e. The van der Waals surface area contributed by atoms with E-state index < -0.39 is 12.0 Å². The lowest BCUT2D eigenvalue weighted by Gasteiger charge is -2.36. The number of carboxylic acids is 1. The number of carbonyl (C=O) groups excluding carboxylic acids is 1. The highest BCUT2D eigenvalue weighted by Gasteiger charge is 2.28. The summed E-state index contributed by atoms with van der Waals surface area (Å²) in [4.78, 5) is 26.3. The summed E-state index contributed by atoms with van der Waals surface area (Å²) in [7, 11) is 0. The Labute approximate surface area is 104 Å². The molecule has 0 radical (unpaired) electrons. The Kier molecular flexibility index (Phi) is 3.61. The van der Waals surface area contributed by atoms with Gasteiger partial charge in [-0.2, -0.15) is 0 Å². The van der Waals surface area contributed by atoms with Crippen LogP contribution in [0.3, 0.4) is 0 Å². The molecule has 98 valence electrons. The molecule has 1 amide bonds. The van der Waals surface area contributed by atoms with Crippen LogP contribution in [0.2, 0.25) is 0 Å². The number of carboxylic acid groups (broad SMARTS) is 1. The number of aromatic nitrogens is 1. The molecule has 1 aromatic rings. The average Bonchev–Trinajstić information content (AvgIpc) is 2.91. The maximum atomic E-state index is 11.9. The molecule has 1 N–H and O–H groups in total. The fraction of sp³-hybridized carbons (Fsp3) is 0.545. The molecule has 18 heavy (non-hydrogen) atoms. The van der Waals surface area contributed by atoms with Crippen LogP contribution >= 0.6 is 0 Å². The summed E-state index contributed by atoms with van der Waals surface area (Å²) < 4.78 is 4.81. The van der Waals surface area contributed by atoms with E-state index >= 15 is 0 Å². The van der Waals surface area contributed by atoms with Crippen molar-refractivity contribution in [2.24, 2.45) is 0 Å². The number of amides is 1. The van der Waals surface area contributed by atoms with Crippen molar-refractivity contribution in [2.75, 3.05) is 26.2 Å². The Balaban J connectivity index is 1.91. The molecule has 1 fully saturated rings. The Hall–Kier alpha value is -1.89. The standard InChI is InChI=1S/C11H15N3O4/c1-8(11(16)17)13-4-6-14(7-5-13)10(15)9-2-3-12-18-9/h2-3,8H,4-7H2,1H3,(H,16,17). The van der Waals surface area contributed by atoms with E-state index in [1.54, 1.807) is 11.8 Å². The largest absolute Gasteiger partial charge is 0.480 e. The lowest BCUT2D eigenvalue weighted by atomic mass is 10.2. The van der Waals surface area contributed by atoms with Gasteiger partial charge in [-0.15, -0.1) is 0 Å². The fourth-order valence-electron chi connectivity index (χ4n) is 1.95. The van der Waals surface area contributed by atoms with E-state index in [4.69, 9.17) is 9.63 Å². The van der Waals surface area contributed by atoms with Crippen molar-refractivity contribution in [1.82, 2.24) is 15.0 Å². The second kappa shape index (κ2) is 5.18. The van der Waals surface area contributed by atoms with E-state index in [2.05, 4.69) is 5.16 Å². The number of nitrogens with zero attached hydrogens (tertiary/aromatic N) is 3. The van der Waals surface area contributed by atoms with Gasteiger partial charge in [0.25, 0.3) is 5.91 Å². The van der Waals surface area contributed by atoms with E-state index in [1.165, 1.54) is 12.3 Å². The third-order valence-corrected chi connectivity index (χ3v) is 3.16. The Morgan fingerprint density at radius 3 is 2.56 bits per heavy atom. The van der Waals surface area contributed by atoms with Gasteiger partial charge in [-0.25, -0.2) is 0 Å². The molecule has 0 saturated carbocycles. The predicted molar refractivity (Wildman–Crippen MR) is 61.1 cm³/mol. The first-order chi connectivity index (χ1) is 8.59. The summed E-state index contributed by atoms with van der Waals surface area (Å²) in [6, 6.07) is 1.00. The molecule has 0 aliphatic carbocycles. The molecule has 1 aromatic heterocycles. The number of hydrogen-bond acceptors (Lipinski definition) is 5. The van der Waals surface area contributed by atoms with Crippen molar-refractivity contribution in [2.45, 2.75) is 13.0 Å². The lowest BCUT2D eigenvalue weighted by molar-refractivity contribution is -0.143. The molecule has 1 saturated heterocycles. The number of hydrogen-bond donors (Lipinski definition) is 1. The zero-order chi connectivity index (χ0) is 13.1. The first-order valence-electron chi connectivity index (χ1n) is 5.76. The van der Waals surface area contributed by atoms with Gasteiger partial charge in [0.1, 0.15) is 6.04 Å². The predicted octanol–water partition coefficient (Wildman–Crippen LogP) is -0.0945. The van der Waals surface area contributed by atoms with E-state index in [0.717, 1.165) is 0 Å². The van der Waals surface area contributed by atoms with Gasteiger partial charge in [0, 0.05) is 32.2 Å². The third kappa shape index (κ3) is 2.51. The van der Waals surface area contributed by atoms with Crippen LogP contribution in [-0.2, 0) is 4.79 Å². The van der Waals surface area contributed by atoms with Crippen LogP contribution < -0.4 is 0 Å². The van der Waals surface area contributed by atoms with Gasteiger partial charge in [-0.1, -0.05) is 5.16 Å². The summed E-state index contributed by atoms with van der Waals surface area (Å²) in [6.45, 7) is 3.74. The van der Waals surface area contributed by atoms with Crippen molar-refractivity contribution in [3.63, 3.8) is 0 Å². The van der Waals surface area contributed by atoms with Crippen LogP contribution in [0.1, 0.15) is 17.5 Å². The van der Waals surface area contributed by atoms with Crippen LogP contribution in [0.15, 0.2) is 16.8 Å². The Bertz CT molecular complexity index is 424. The molecule has 0 spiro atoms. The van der Waals surface area contributed by atoms with Gasteiger partial charge in [0.2, 0.25) is 5.76 Å². The van der Waals surface area contributed by atoms with Crippen LogP contribution in [0.25, 0.3) is 0 Å². The molecular formula is C11H15N3O4. The second-order valence-electron chi connectivity index (χ2n) is 4.22. The molecule has 2 heterocycles. The molecule has 2 rings (SSSR count). The number of carbonyl (C=O) groups is 2. The first kappa shape index (κ1) is 12.6. The Morgan fingerprint density at radius 2 is 2.06 bits per heavy atom. The summed E-state index contributed by atoms with van der Waals surface area (Å²) >= 11 is 0. The first-order valence-corrected chi connectivity index (χ1v) is 5.76. The third-order valence-electron chi connectivity index (χ3n) is 3.16. The molecule has 7 heteroatoms. The van der Waals surface area contributed by atoms with Crippen LogP contribution in [0.4, 0.5) is 0 Å². The highest BCUT2D eigenvalue weighted by molar-refractivity contribution is 5.91. The van der Waals surface area contributed by atoms with Crippen LogP contribution in [-0.4, -0.2) is 64.2 Å². The summed E-state index contributed by atoms with van der Waals surface area (Å²) in [5.41, 5.74) is 0. The monoisotopic (exact) mass is 253 g/mol. The second-order valence-corrected chi connectivity index (χ2v) is 4.22. The van der Waals surface area contributed by atoms with E-state index in [0.29, 0.717) is 26.2 Å². The van der Waals surface area contributed by atoms with Gasteiger partial charge in [-0.3, -0.25) is 14.5 Å². The minimum atomic E-state index is -0.843. The highest BCUT2D eigenvalue weighted by Crippen LogP contribution is 2.10. The quantitative estimate of drug-likeness (QED) is 0.809. The maximum absolute atomic E-state index is 11.9. The minimum Gasteiger partial charge on any atom is -0.480 e. The zero-order valence-electron chi connectivity index (χ0n) is 10.1. The molecule has 0 bridgehead atoms. The van der Waals surface area contributed by atoms with Crippen LogP contribution in [0, 0.1) is 0 Å². The number of piperazine rings is 1. The molecule has 1 atom stereocenters. The van der Waals surface area contributed by atoms with Crippen molar-refractivity contribution < 1.29 is 19.2 Å². The highest BCUT2D eigenvalue weighted by atomic mass is 16.5. The normalized spacial score (nSPS) is 18.6. The topological polar surface area (TPSA) is 86.9 Å². The summed E-state index contributed by atoms with van der Waals surface area (Å²) in [5.74, 6) is -0.824. The molecular weight excluding hydrogens is 238 g/mol. The van der Waals surface area contributed by atoms with Crippen molar-refractivity contribution in [3.05, 3.63) is 18.0 Å². The van der Waals surface area contributed by atoms with Gasteiger partial charge in [0.15, 0.2) is 0 Å².